The van der Waals surface area contributed by atoms with Gasteiger partial charge in [-0.3, -0.25) is 4.79 Å². The van der Waals surface area contributed by atoms with E-state index in [1.54, 1.807) is 42.3 Å². The van der Waals surface area contributed by atoms with Gasteiger partial charge in [0, 0.05) is 25.2 Å². The average Bonchev–Trinajstić information content (AvgIpc) is 2.81. The molecule has 0 amide bonds. The fourth-order valence-electron chi connectivity index (χ4n) is 1.57. The minimum atomic E-state index is -0.249. The Bertz CT molecular complexity index is 522. The van der Waals surface area contributed by atoms with Crippen LogP contribution in [0.25, 0.3) is 0 Å². The summed E-state index contributed by atoms with van der Waals surface area (Å²) in [6, 6.07) is 9.84. The van der Waals surface area contributed by atoms with Crippen molar-refractivity contribution in [2.75, 3.05) is 11.9 Å². The van der Waals surface area contributed by atoms with Gasteiger partial charge in [-0.1, -0.05) is 18.2 Å². The zero-order chi connectivity index (χ0) is 12.3. The van der Waals surface area contributed by atoms with Gasteiger partial charge in [-0.05, 0) is 12.1 Å². The first-order valence-electron chi connectivity index (χ1n) is 5.20. The molecule has 2 rings (SSSR count). The number of carbonyl (C=O) groups excluding carboxylic acids is 1. The topological polar surface area (TPSA) is 33.5 Å². The maximum atomic E-state index is 13.4. The van der Waals surface area contributed by atoms with Crippen LogP contribution in [0.15, 0.2) is 40.8 Å². The summed E-state index contributed by atoms with van der Waals surface area (Å²) in [6.45, 7) is 0.387. The monoisotopic (exact) mass is 233 g/mol. The zero-order valence-corrected chi connectivity index (χ0v) is 9.39. The van der Waals surface area contributed by atoms with E-state index in [9.17, 15) is 9.18 Å². The second-order valence-corrected chi connectivity index (χ2v) is 3.74. The van der Waals surface area contributed by atoms with Crippen molar-refractivity contribution in [2.24, 2.45) is 0 Å². The molecule has 3 nitrogen and oxygen atoms in total. The SMILES string of the molecule is CN(Cc1ccccc1F)c1ccc(C=O)o1. The number of anilines is 1. The second-order valence-electron chi connectivity index (χ2n) is 3.74. The Kier molecular flexibility index (Phi) is 3.23. The quantitative estimate of drug-likeness (QED) is 0.761. The third-order valence-corrected chi connectivity index (χ3v) is 2.47. The Morgan fingerprint density at radius 3 is 2.71 bits per heavy atom. The molecule has 0 atom stereocenters. The van der Waals surface area contributed by atoms with Gasteiger partial charge in [0.1, 0.15) is 5.82 Å². The number of hydrogen-bond acceptors (Lipinski definition) is 3. The highest BCUT2D eigenvalue weighted by Crippen LogP contribution is 2.19. The summed E-state index contributed by atoms with van der Waals surface area (Å²) in [5.41, 5.74) is 0.582. The number of furan rings is 1. The number of benzene rings is 1. The number of aldehydes is 1. The Morgan fingerprint density at radius 2 is 2.06 bits per heavy atom. The van der Waals surface area contributed by atoms with Crippen molar-refractivity contribution < 1.29 is 13.6 Å². The minimum absolute atomic E-state index is 0.249. The van der Waals surface area contributed by atoms with Gasteiger partial charge in [0.15, 0.2) is 17.9 Å². The second kappa shape index (κ2) is 4.82. The lowest BCUT2D eigenvalue weighted by atomic mass is 10.2. The molecule has 2 aromatic rings. The highest BCUT2D eigenvalue weighted by molar-refractivity contribution is 5.71. The molecule has 0 fully saturated rings. The van der Waals surface area contributed by atoms with E-state index in [0.717, 1.165) is 0 Å². The average molecular weight is 233 g/mol. The third kappa shape index (κ3) is 2.53. The molecule has 0 N–H and O–H groups in total. The largest absolute Gasteiger partial charge is 0.438 e. The van der Waals surface area contributed by atoms with Crippen LogP contribution in [0.3, 0.4) is 0 Å². The molecule has 0 saturated heterocycles. The van der Waals surface area contributed by atoms with E-state index in [2.05, 4.69) is 0 Å². The van der Waals surface area contributed by atoms with E-state index < -0.39 is 0 Å². The van der Waals surface area contributed by atoms with Crippen LogP contribution in [0.1, 0.15) is 16.1 Å². The molecule has 17 heavy (non-hydrogen) atoms. The fraction of sp³-hybridized carbons (Fsp3) is 0.154. The van der Waals surface area contributed by atoms with E-state index in [4.69, 9.17) is 4.42 Å². The molecular weight excluding hydrogens is 221 g/mol. The minimum Gasteiger partial charge on any atom is -0.438 e. The van der Waals surface area contributed by atoms with Crippen LogP contribution in [-0.2, 0) is 6.54 Å². The van der Waals surface area contributed by atoms with E-state index >= 15 is 0 Å². The third-order valence-electron chi connectivity index (χ3n) is 2.47. The van der Waals surface area contributed by atoms with Crippen LogP contribution in [0.4, 0.5) is 10.3 Å². The van der Waals surface area contributed by atoms with Crippen molar-refractivity contribution in [3.05, 3.63) is 53.5 Å². The van der Waals surface area contributed by atoms with Crippen LogP contribution in [0.5, 0.6) is 0 Å². The van der Waals surface area contributed by atoms with Gasteiger partial charge in [0.25, 0.3) is 0 Å². The predicted molar refractivity (Wildman–Crippen MR) is 62.6 cm³/mol. The van der Waals surface area contributed by atoms with Crippen LogP contribution in [0, 0.1) is 5.82 Å². The highest BCUT2D eigenvalue weighted by atomic mass is 19.1. The molecule has 4 heteroatoms. The lowest BCUT2D eigenvalue weighted by Crippen LogP contribution is -2.16. The molecule has 0 aliphatic rings. The van der Waals surface area contributed by atoms with Crippen LogP contribution >= 0.6 is 0 Å². The smallest absolute Gasteiger partial charge is 0.196 e. The van der Waals surface area contributed by atoms with Gasteiger partial charge < -0.3 is 9.32 Å². The Labute approximate surface area is 98.5 Å². The first-order chi connectivity index (χ1) is 8.20. The van der Waals surface area contributed by atoms with Crippen molar-refractivity contribution in [1.29, 1.82) is 0 Å². The molecule has 1 heterocycles. The predicted octanol–water partition coefficient (Wildman–Crippen LogP) is 2.87. The summed E-state index contributed by atoms with van der Waals surface area (Å²) < 4.78 is 18.7. The van der Waals surface area contributed by atoms with E-state index in [0.29, 0.717) is 24.3 Å². The summed E-state index contributed by atoms with van der Waals surface area (Å²) in [5, 5.41) is 0. The van der Waals surface area contributed by atoms with Crippen molar-refractivity contribution >= 4 is 12.2 Å². The molecule has 0 saturated carbocycles. The summed E-state index contributed by atoms with van der Waals surface area (Å²) in [7, 11) is 1.78. The van der Waals surface area contributed by atoms with Crippen molar-refractivity contribution in [3.8, 4) is 0 Å². The molecule has 1 aromatic carbocycles. The van der Waals surface area contributed by atoms with Crippen molar-refractivity contribution in [2.45, 2.75) is 6.54 Å². The molecule has 0 radical (unpaired) electrons. The molecule has 0 bridgehead atoms. The fourth-order valence-corrected chi connectivity index (χ4v) is 1.57. The van der Waals surface area contributed by atoms with E-state index in [1.807, 2.05) is 0 Å². The first kappa shape index (κ1) is 11.4. The molecular formula is C13H12FNO2. The Morgan fingerprint density at radius 1 is 1.29 bits per heavy atom. The van der Waals surface area contributed by atoms with Gasteiger partial charge in [0.2, 0.25) is 0 Å². The standard InChI is InChI=1S/C13H12FNO2/c1-15(13-7-6-11(9-16)17-13)8-10-4-2-3-5-12(10)14/h2-7,9H,8H2,1H3. The normalized spacial score (nSPS) is 10.2. The number of hydrogen-bond donors (Lipinski definition) is 0. The van der Waals surface area contributed by atoms with Gasteiger partial charge in [-0.15, -0.1) is 0 Å². The Balaban J connectivity index is 2.14. The molecule has 1 aromatic heterocycles. The lowest BCUT2D eigenvalue weighted by molar-refractivity contribution is 0.110. The molecule has 0 aliphatic heterocycles. The van der Waals surface area contributed by atoms with Crippen molar-refractivity contribution in [3.63, 3.8) is 0 Å². The maximum Gasteiger partial charge on any atom is 0.196 e. The van der Waals surface area contributed by atoms with Crippen LogP contribution in [-0.4, -0.2) is 13.3 Å². The molecule has 88 valence electrons. The molecule has 0 spiro atoms. The van der Waals surface area contributed by atoms with Crippen LogP contribution < -0.4 is 4.90 Å². The number of carbonyl (C=O) groups is 1. The number of nitrogens with zero attached hydrogens (tertiary/aromatic N) is 1. The molecule has 0 unspecified atom stereocenters. The number of rotatable bonds is 4. The van der Waals surface area contributed by atoms with E-state index in [1.165, 1.54) is 6.07 Å². The van der Waals surface area contributed by atoms with E-state index in [-0.39, 0.29) is 11.6 Å². The first-order valence-corrected chi connectivity index (χ1v) is 5.20. The zero-order valence-electron chi connectivity index (χ0n) is 9.39. The molecule has 0 aliphatic carbocycles. The van der Waals surface area contributed by atoms with Gasteiger partial charge in [-0.2, -0.15) is 0 Å². The number of halogens is 1. The van der Waals surface area contributed by atoms with Gasteiger partial charge >= 0.3 is 0 Å². The van der Waals surface area contributed by atoms with Gasteiger partial charge in [0.05, 0.1) is 0 Å². The summed E-state index contributed by atoms with van der Waals surface area (Å²) in [5.74, 6) is 0.553. The summed E-state index contributed by atoms with van der Waals surface area (Å²) in [6.07, 6.45) is 0.639. The lowest BCUT2D eigenvalue weighted by Gasteiger charge is -2.16. The Hall–Kier alpha value is -2.10. The summed E-state index contributed by atoms with van der Waals surface area (Å²) in [4.78, 5) is 12.2. The maximum absolute atomic E-state index is 13.4. The van der Waals surface area contributed by atoms with Gasteiger partial charge in [-0.25, -0.2) is 4.39 Å². The highest BCUT2D eigenvalue weighted by Gasteiger charge is 2.09. The van der Waals surface area contributed by atoms with Crippen LogP contribution in [0.2, 0.25) is 0 Å². The van der Waals surface area contributed by atoms with Crippen molar-refractivity contribution in [1.82, 2.24) is 0 Å². The summed E-state index contributed by atoms with van der Waals surface area (Å²) >= 11 is 0.